The van der Waals surface area contributed by atoms with Crippen LogP contribution in [0.4, 0.5) is 5.95 Å². The Hall–Kier alpha value is -1.06. The second-order valence-electron chi connectivity index (χ2n) is 4.11. The van der Waals surface area contributed by atoms with E-state index in [2.05, 4.69) is 32.2 Å². The average Bonchev–Trinajstić information content (AvgIpc) is 2.93. The number of aromatic nitrogens is 3. The quantitative estimate of drug-likeness (QED) is 0.780. The zero-order chi connectivity index (χ0) is 14.7. The predicted molar refractivity (Wildman–Crippen MR) is 83.5 cm³/mol. The monoisotopic (exact) mass is 376 g/mol. The van der Waals surface area contributed by atoms with Crippen molar-refractivity contribution in [2.24, 2.45) is 7.05 Å². The SMILES string of the molecule is CN(Cc1cc(Br)cs1)c1nnc(SCC(=O)O)n1C. The standard InChI is InChI=1S/C11H13BrN4O2S2/c1-15(4-8-3-7(12)5-19-8)10-13-14-11(16(10)2)20-6-9(17)18/h3,5H,4,6H2,1-2H3,(H,17,18). The molecular formula is C11H13BrN4O2S2. The molecule has 108 valence electrons. The van der Waals surface area contributed by atoms with Crippen molar-refractivity contribution in [3.8, 4) is 0 Å². The lowest BCUT2D eigenvalue weighted by Crippen LogP contribution is -2.19. The summed E-state index contributed by atoms with van der Waals surface area (Å²) in [5.41, 5.74) is 0. The number of thioether (sulfide) groups is 1. The number of rotatable bonds is 6. The zero-order valence-corrected chi connectivity index (χ0v) is 14.1. The maximum Gasteiger partial charge on any atom is 0.313 e. The van der Waals surface area contributed by atoms with Crippen molar-refractivity contribution in [2.45, 2.75) is 11.7 Å². The molecule has 0 aliphatic rings. The van der Waals surface area contributed by atoms with Gasteiger partial charge in [-0.3, -0.25) is 9.36 Å². The van der Waals surface area contributed by atoms with Crippen LogP contribution in [0.3, 0.4) is 0 Å². The summed E-state index contributed by atoms with van der Waals surface area (Å²) in [6, 6.07) is 2.07. The minimum absolute atomic E-state index is 0.0203. The van der Waals surface area contributed by atoms with E-state index in [-0.39, 0.29) is 5.75 Å². The molecule has 0 aliphatic carbocycles. The van der Waals surface area contributed by atoms with Gasteiger partial charge in [-0.05, 0) is 22.0 Å². The Morgan fingerprint density at radius 1 is 1.60 bits per heavy atom. The smallest absolute Gasteiger partial charge is 0.313 e. The third-order valence-electron chi connectivity index (χ3n) is 2.49. The highest BCUT2D eigenvalue weighted by molar-refractivity contribution is 9.10. The molecule has 0 aliphatic heterocycles. The summed E-state index contributed by atoms with van der Waals surface area (Å²) in [4.78, 5) is 13.8. The number of nitrogens with zero attached hydrogens (tertiary/aromatic N) is 4. The van der Waals surface area contributed by atoms with Gasteiger partial charge in [0.2, 0.25) is 5.95 Å². The topological polar surface area (TPSA) is 71.2 Å². The molecule has 2 aromatic rings. The van der Waals surface area contributed by atoms with Crippen LogP contribution in [0.5, 0.6) is 0 Å². The van der Waals surface area contributed by atoms with Gasteiger partial charge in [-0.1, -0.05) is 11.8 Å². The Morgan fingerprint density at radius 3 is 2.95 bits per heavy atom. The number of aliphatic carboxylic acids is 1. The molecule has 2 rings (SSSR count). The van der Waals surface area contributed by atoms with Gasteiger partial charge in [-0.2, -0.15) is 0 Å². The van der Waals surface area contributed by atoms with E-state index in [9.17, 15) is 4.79 Å². The summed E-state index contributed by atoms with van der Waals surface area (Å²) < 4.78 is 2.87. The van der Waals surface area contributed by atoms with Crippen molar-refractivity contribution in [3.63, 3.8) is 0 Å². The minimum Gasteiger partial charge on any atom is -0.481 e. The van der Waals surface area contributed by atoms with E-state index in [0.29, 0.717) is 11.1 Å². The largest absolute Gasteiger partial charge is 0.481 e. The summed E-state index contributed by atoms with van der Waals surface area (Å²) in [7, 11) is 3.77. The maximum absolute atomic E-state index is 10.6. The minimum atomic E-state index is -0.864. The van der Waals surface area contributed by atoms with Gasteiger partial charge >= 0.3 is 5.97 Å². The lowest BCUT2D eigenvalue weighted by Gasteiger charge is -2.16. The molecule has 2 aromatic heterocycles. The van der Waals surface area contributed by atoms with E-state index in [1.807, 2.05) is 24.4 Å². The number of carboxylic acids is 1. The molecule has 0 aromatic carbocycles. The fourth-order valence-electron chi connectivity index (χ4n) is 1.63. The van der Waals surface area contributed by atoms with Crippen molar-refractivity contribution in [1.82, 2.24) is 14.8 Å². The number of anilines is 1. The lowest BCUT2D eigenvalue weighted by molar-refractivity contribution is -0.133. The normalized spacial score (nSPS) is 10.8. The Morgan fingerprint density at radius 2 is 2.35 bits per heavy atom. The molecule has 0 spiro atoms. The van der Waals surface area contributed by atoms with Gasteiger partial charge in [0.05, 0.1) is 12.3 Å². The molecule has 0 unspecified atom stereocenters. The number of halogens is 1. The van der Waals surface area contributed by atoms with E-state index in [1.54, 1.807) is 15.9 Å². The Kier molecular flexibility index (Phi) is 5.06. The predicted octanol–water partition coefficient (Wildman–Crippen LogP) is 2.45. The third kappa shape index (κ3) is 3.74. The molecule has 0 amide bonds. The maximum atomic E-state index is 10.6. The molecule has 2 heterocycles. The highest BCUT2D eigenvalue weighted by atomic mass is 79.9. The second kappa shape index (κ2) is 6.59. The van der Waals surface area contributed by atoms with Crippen LogP contribution in [0.15, 0.2) is 21.1 Å². The van der Waals surface area contributed by atoms with Gasteiger partial charge < -0.3 is 10.0 Å². The molecule has 0 saturated carbocycles. The molecule has 20 heavy (non-hydrogen) atoms. The van der Waals surface area contributed by atoms with Crippen LogP contribution in [0.2, 0.25) is 0 Å². The fourth-order valence-corrected chi connectivity index (χ4v) is 3.76. The van der Waals surface area contributed by atoms with Gasteiger partial charge in [-0.25, -0.2) is 0 Å². The van der Waals surface area contributed by atoms with E-state index in [4.69, 9.17) is 5.11 Å². The van der Waals surface area contributed by atoms with Gasteiger partial charge in [0.15, 0.2) is 5.16 Å². The summed E-state index contributed by atoms with van der Waals surface area (Å²) in [6.07, 6.45) is 0. The Labute approximate surface area is 132 Å². The number of hydrogen-bond donors (Lipinski definition) is 1. The first-order valence-corrected chi connectivity index (χ1v) is 8.31. The van der Waals surface area contributed by atoms with E-state index >= 15 is 0 Å². The molecule has 6 nitrogen and oxygen atoms in total. The van der Waals surface area contributed by atoms with Gasteiger partial charge in [0.25, 0.3) is 0 Å². The molecular weight excluding hydrogens is 364 g/mol. The van der Waals surface area contributed by atoms with Crippen LogP contribution in [-0.2, 0) is 18.4 Å². The zero-order valence-electron chi connectivity index (χ0n) is 10.9. The first kappa shape index (κ1) is 15.3. The molecule has 1 N–H and O–H groups in total. The van der Waals surface area contributed by atoms with Crippen molar-refractivity contribution >= 4 is 50.9 Å². The number of hydrogen-bond acceptors (Lipinski definition) is 6. The summed E-state index contributed by atoms with van der Waals surface area (Å²) in [5.74, 6) is -0.174. The third-order valence-corrected chi connectivity index (χ3v) is 5.18. The Balaban J connectivity index is 2.06. The fraction of sp³-hybridized carbons (Fsp3) is 0.364. The first-order chi connectivity index (χ1) is 9.47. The highest BCUT2D eigenvalue weighted by Gasteiger charge is 2.14. The van der Waals surface area contributed by atoms with Gasteiger partial charge in [0.1, 0.15) is 0 Å². The summed E-state index contributed by atoms with van der Waals surface area (Å²) >= 11 is 6.26. The molecule has 0 saturated heterocycles. The first-order valence-electron chi connectivity index (χ1n) is 5.65. The van der Waals surface area contributed by atoms with Gasteiger partial charge in [-0.15, -0.1) is 21.5 Å². The van der Waals surface area contributed by atoms with Crippen LogP contribution in [0, 0.1) is 0 Å². The summed E-state index contributed by atoms with van der Waals surface area (Å²) in [5, 5.41) is 19.5. The van der Waals surface area contributed by atoms with Crippen molar-refractivity contribution in [3.05, 3.63) is 20.8 Å². The Bertz CT molecular complexity index is 613. The number of carboxylic acid groups (broad SMARTS) is 1. The van der Waals surface area contributed by atoms with Crippen LogP contribution in [-0.4, -0.2) is 38.6 Å². The van der Waals surface area contributed by atoms with Crippen molar-refractivity contribution in [1.29, 1.82) is 0 Å². The second-order valence-corrected chi connectivity index (χ2v) is 6.97. The van der Waals surface area contributed by atoms with E-state index in [0.717, 1.165) is 22.8 Å². The van der Waals surface area contributed by atoms with Crippen LogP contribution >= 0.6 is 39.0 Å². The van der Waals surface area contributed by atoms with Crippen LogP contribution in [0.1, 0.15) is 4.88 Å². The molecule has 0 radical (unpaired) electrons. The average molecular weight is 377 g/mol. The molecule has 0 fully saturated rings. The van der Waals surface area contributed by atoms with Crippen molar-refractivity contribution < 1.29 is 9.90 Å². The van der Waals surface area contributed by atoms with Crippen LogP contribution < -0.4 is 4.90 Å². The van der Waals surface area contributed by atoms with Crippen LogP contribution in [0.25, 0.3) is 0 Å². The van der Waals surface area contributed by atoms with Crippen molar-refractivity contribution in [2.75, 3.05) is 17.7 Å². The highest BCUT2D eigenvalue weighted by Crippen LogP contribution is 2.24. The molecule has 9 heteroatoms. The molecule has 0 atom stereocenters. The van der Waals surface area contributed by atoms with E-state index in [1.165, 1.54) is 4.88 Å². The van der Waals surface area contributed by atoms with Gasteiger partial charge in [0, 0.05) is 28.8 Å². The summed E-state index contributed by atoms with van der Waals surface area (Å²) in [6.45, 7) is 0.728. The number of thiophene rings is 1. The lowest BCUT2D eigenvalue weighted by atomic mass is 10.4. The number of carbonyl (C=O) groups is 1. The van der Waals surface area contributed by atoms with E-state index < -0.39 is 5.97 Å². The molecule has 0 bridgehead atoms.